The van der Waals surface area contributed by atoms with Crippen LogP contribution in [0.4, 0.5) is 0 Å². The van der Waals surface area contributed by atoms with Gasteiger partial charge >= 0.3 is 5.97 Å². The maximum atomic E-state index is 12.4. The topological polar surface area (TPSA) is 35.5 Å². The van der Waals surface area contributed by atoms with Gasteiger partial charge in [-0.15, -0.1) is 0 Å². The summed E-state index contributed by atoms with van der Waals surface area (Å²) in [5.41, 5.74) is -0.594. The quantitative estimate of drug-likeness (QED) is 0.659. The lowest BCUT2D eigenvalue weighted by molar-refractivity contribution is -0.215. The highest BCUT2D eigenvalue weighted by Gasteiger charge is 2.56. The molecule has 2 atom stereocenters. The number of carbonyl (C=O) groups is 1. The molecule has 0 N–H and O–H groups in total. The van der Waals surface area contributed by atoms with Crippen molar-refractivity contribution >= 4 is 5.97 Å². The lowest BCUT2D eigenvalue weighted by atomic mass is 9.58. The van der Waals surface area contributed by atoms with Gasteiger partial charge < -0.3 is 9.47 Å². The van der Waals surface area contributed by atoms with Crippen molar-refractivity contribution < 1.29 is 14.3 Å². The molecule has 0 aromatic carbocycles. The summed E-state index contributed by atoms with van der Waals surface area (Å²) < 4.78 is 11.5. The smallest absolute Gasteiger partial charge is 0.312 e. The molecular weight excluding hydrogens is 216 g/mol. The van der Waals surface area contributed by atoms with Crippen LogP contribution in [0, 0.1) is 11.3 Å². The molecule has 2 heterocycles. The summed E-state index contributed by atoms with van der Waals surface area (Å²) in [6.07, 6.45) is 5.73. The van der Waals surface area contributed by atoms with Crippen molar-refractivity contribution in [3.05, 3.63) is 0 Å². The molecule has 2 saturated carbocycles. The largest absolute Gasteiger partial charge is 0.460 e. The molecule has 4 aliphatic rings. The van der Waals surface area contributed by atoms with Gasteiger partial charge in [-0.25, -0.2) is 0 Å². The van der Waals surface area contributed by atoms with E-state index in [1.807, 2.05) is 20.8 Å². The second-order valence-corrected chi connectivity index (χ2v) is 7.11. The summed E-state index contributed by atoms with van der Waals surface area (Å²) in [6, 6.07) is 0. The predicted molar refractivity (Wildman–Crippen MR) is 63.5 cm³/mol. The summed E-state index contributed by atoms with van der Waals surface area (Å²) >= 11 is 0. The molecule has 2 aliphatic heterocycles. The maximum absolute atomic E-state index is 12.4. The van der Waals surface area contributed by atoms with E-state index in [-0.39, 0.29) is 17.0 Å². The van der Waals surface area contributed by atoms with E-state index in [4.69, 9.17) is 9.47 Å². The van der Waals surface area contributed by atoms with Crippen molar-refractivity contribution in [1.82, 2.24) is 0 Å². The Morgan fingerprint density at radius 2 is 1.76 bits per heavy atom. The zero-order chi connectivity index (χ0) is 12.3. The highest BCUT2D eigenvalue weighted by Crippen LogP contribution is 2.55. The van der Waals surface area contributed by atoms with E-state index >= 15 is 0 Å². The summed E-state index contributed by atoms with van der Waals surface area (Å²) in [6.45, 7) is 5.84. The van der Waals surface area contributed by atoms with Crippen LogP contribution in [0.15, 0.2) is 0 Å². The minimum atomic E-state index is -0.374. The Bertz CT molecular complexity index is 305. The molecular formula is C14H22O3. The Morgan fingerprint density at radius 1 is 1.18 bits per heavy atom. The van der Waals surface area contributed by atoms with E-state index < -0.39 is 0 Å². The molecule has 4 rings (SSSR count). The SMILES string of the molecule is CC(C)(C)OC(=O)C12CC3CC(C1)OC(C3)C2. The van der Waals surface area contributed by atoms with Crippen LogP contribution >= 0.6 is 0 Å². The van der Waals surface area contributed by atoms with Crippen LogP contribution in [0.2, 0.25) is 0 Å². The molecule has 17 heavy (non-hydrogen) atoms. The van der Waals surface area contributed by atoms with E-state index in [2.05, 4.69) is 0 Å². The third kappa shape index (κ3) is 1.99. The molecule has 2 saturated heterocycles. The first-order chi connectivity index (χ1) is 7.86. The lowest BCUT2D eigenvalue weighted by Gasteiger charge is -2.55. The van der Waals surface area contributed by atoms with Crippen molar-refractivity contribution in [2.75, 3.05) is 0 Å². The van der Waals surface area contributed by atoms with Crippen molar-refractivity contribution in [1.29, 1.82) is 0 Å². The normalized spacial score (nSPS) is 43.8. The number of esters is 1. The van der Waals surface area contributed by atoms with Crippen molar-refractivity contribution in [2.24, 2.45) is 11.3 Å². The van der Waals surface area contributed by atoms with Gasteiger partial charge in [0, 0.05) is 0 Å². The Hall–Kier alpha value is -0.570. The maximum Gasteiger partial charge on any atom is 0.312 e. The number of hydrogen-bond acceptors (Lipinski definition) is 3. The highest BCUT2D eigenvalue weighted by atomic mass is 16.6. The second-order valence-electron chi connectivity index (χ2n) is 7.11. The molecule has 0 spiro atoms. The molecule has 2 unspecified atom stereocenters. The van der Waals surface area contributed by atoms with Crippen molar-refractivity contribution in [2.45, 2.75) is 70.7 Å². The van der Waals surface area contributed by atoms with Gasteiger partial charge in [0.05, 0.1) is 17.6 Å². The number of ether oxygens (including phenoxy) is 2. The molecule has 0 aromatic rings. The first kappa shape index (κ1) is 11.5. The number of carbonyl (C=O) groups excluding carboxylic acids is 1. The monoisotopic (exact) mass is 238 g/mol. The minimum Gasteiger partial charge on any atom is -0.460 e. The van der Waals surface area contributed by atoms with E-state index in [1.165, 1.54) is 0 Å². The zero-order valence-electron chi connectivity index (χ0n) is 11.0. The van der Waals surface area contributed by atoms with Gasteiger partial charge in [0.15, 0.2) is 0 Å². The summed E-state index contributed by atoms with van der Waals surface area (Å²) in [5, 5.41) is 0. The van der Waals surface area contributed by atoms with Crippen LogP contribution in [0.25, 0.3) is 0 Å². The van der Waals surface area contributed by atoms with E-state index in [1.54, 1.807) is 0 Å². The number of rotatable bonds is 1. The summed E-state index contributed by atoms with van der Waals surface area (Å²) in [7, 11) is 0. The molecule has 0 radical (unpaired) electrons. The Morgan fingerprint density at radius 3 is 2.24 bits per heavy atom. The summed E-state index contributed by atoms with van der Waals surface area (Å²) in [4.78, 5) is 12.4. The van der Waals surface area contributed by atoms with Crippen LogP contribution in [0.3, 0.4) is 0 Å². The molecule has 0 amide bonds. The zero-order valence-corrected chi connectivity index (χ0v) is 11.0. The van der Waals surface area contributed by atoms with Gasteiger partial charge in [-0.05, 0) is 58.8 Å². The van der Waals surface area contributed by atoms with Crippen LogP contribution in [0.5, 0.6) is 0 Å². The highest BCUT2D eigenvalue weighted by molar-refractivity contribution is 5.78. The van der Waals surface area contributed by atoms with E-state index in [0.717, 1.165) is 32.1 Å². The average Bonchev–Trinajstić information content (AvgIpc) is 2.12. The van der Waals surface area contributed by atoms with Gasteiger partial charge in [-0.2, -0.15) is 0 Å². The van der Waals surface area contributed by atoms with Crippen LogP contribution in [0.1, 0.15) is 52.9 Å². The predicted octanol–water partition coefficient (Wildman–Crippen LogP) is 2.68. The van der Waals surface area contributed by atoms with Crippen molar-refractivity contribution in [3.63, 3.8) is 0 Å². The minimum absolute atomic E-state index is 0.0210. The third-order valence-electron chi connectivity index (χ3n) is 4.33. The molecule has 2 aliphatic carbocycles. The number of hydrogen-bond donors (Lipinski definition) is 0. The van der Waals surface area contributed by atoms with Crippen molar-refractivity contribution in [3.8, 4) is 0 Å². The fraction of sp³-hybridized carbons (Fsp3) is 0.929. The molecule has 4 bridgehead atoms. The first-order valence-corrected chi connectivity index (χ1v) is 6.75. The molecule has 96 valence electrons. The average molecular weight is 238 g/mol. The van der Waals surface area contributed by atoms with Gasteiger partial charge in [-0.3, -0.25) is 4.79 Å². The molecule has 4 fully saturated rings. The fourth-order valence-corrected chi connectivity index (χ4v) is 3.96. The Kier molecular flexibility index (Phi) is 2.35. The third-order valence-corrected chi connectivity index (χ3v) is 4.33. The summed E-state index contributed by atoms with van der Waals surface area (Å²) in [5.74, 6) is 0.710. The van der Waals surface area contributed by atoms with E-state index in [0.29, 0.717) is 18.1 Å². The second kappa shape index (κ2) is 3.47. The van der Waals surface area contributed by atoms with Crippen LogP contribution < -0.4 is 0 Å². The first-order valence-electron chi connectivity index (χ1n) is 6.75. The molecule has 3 nitrogen and oxygen atoms in total. The lowest BCUT2D eigenvalue weighted by Crippen LogP contribution is -2.56. The van der Waals surface area contributed by atoms with Gasteiger partial charge in [0.2, 0.25) is 0 Å². The molecule has 3 heteroatoms. The van der Waals surface area contributed by atoms with E-state index in [9.17, 15) is 4.79 Å². The van der Waals surface area contributed by atoms with Gasteiger partial charge in [0.1, 0.15) is 5.60 Å². The Balaban J connectivity index is 1.80. The Labute approximate surface area is 103 Å². The van der Waals surface area contributed by atoms with Crippen LogP contribution in [-0.2, 0) is 14.3 Å². The fourth-order valence-electron chi connectivity index (χ4n) is 3.96. The van der Waals surface area contributed by atoms with Crippen LogP contribution in [-0.4, -0.2) is 23.8 Å². The van der Waals surface area contributed by atoms with Gasteiger partial charge in [-0.1, -0.05) is 0 Å². The molecule has 0 aromatic heterocycles. The van der Waals surface area contributed by atoms with Gasteiger partial charge in [0.25, 0.3) is 0 Å². The standard InChI is InChI=1S/C14H22O3/c1-13(2,3)17-12(15)14-6-9-4-10(7-14)16-11(5-9)8-14/h9-11H,4-8H2,1-3H3.